The van der Waals surface area contributed by atoms with Crippen molar-refractivity contribution >= 4 is 5.78 Å². The van der Waals surface area contributed by atoms with E-state index in [-0.39, 0.29) is 18.3 Å². The van der Waals surface area contributed by atoms with Crippen LogP contribution in [0.25, 0.3) is 0 Å². The molecule has 1 fully saturated rings. The van der Waals surface area contributed by atoms with E-state index in [4.69, 9.17) is 4.74 Å². The molecule has 0 aliphatic carbocycles. The Balaban J connectivity index is 2.27. The van der Waals surface area contributed by atoms with Gasteiger partial charge in [0.1, 0.15) is 5.78 Å². The fourth-order valence-electron chi connectivity index (χ4n) is 1.46. The maximum atomic E-state index is 11.8. The Labute approximate surface area is 80.4 Å². The number of ether oxygens (including phenoxy) is 1. The summed E-state index contributed by atoms with van der Waals surface area (Å²) >= 11 is 0. The normalized spacial score (nSPS) is 23.5. The molecule has 0 N–H and O–H groups in total. The molecule has 1 rings (SSSR count). The first kappa shape index (κ1) is 11.5. The maximum Gasteiger partial charge on any atom is 0.389 e. The summed E-state index contributed by atoms with van der Waals surface area (Å²) in [7, 11) is 0. The molecular formula is C9H13F3O2. The Bertz CT molecular complexity index is 195. The first-order chi connectivity index (χ1) is 6.49. The van der Waals surface area contributed by atoms with E-state index >= 15 is 0 Å². The van der Waals surface area contributed by atoms with Gasteiger partial charge in [0.2, 0.25) is 0 Å². The molecule has 0 aromatic heterocycles. The third-order valence-electron chi connectivity index (χ3n) is 2.27. The van der Waals surface area contributed by atoms with E-state index in [1.165, 1.54) is 0 Å². The molecule has 0 aromatic rings. The van der Waals surface area contributed by atoms with Gasteiger partial charge < -0.3 is 4.74 Å². The van der Waals surface area contributed by atoms with Gasteiger partial charge in [-0.05, 0) is 12.8 Å². The highest BCUT2D eigenvalue weighted by Crippen LogP contribution is 2.24. The monoisotopic (exact) mass is 210 g/mol. The summed E-state index contributed by atoms with van der Waals surface area (Å²) in [6.45, 7) is 0.903. The van der Waals surface area contributed by atoms with Gasteiger partial charge in [-0.15, -0.1) is 0 Å². The maximum absolute atomic E-state index is 11.8. The summed E-state index contributed by atoms with van der Waals surface area (Å²) in [5.41, 5.74) is 0. The molecule has 0 bridgehead atoms. The van der Waals surface area contributed by atoms with Crippen molar-refractivity contribution in [3.8, 4) is 0 Å². The minimum atomic E-state index is -4.23. The summed E-state index contributed by atoms with van der Waals surface area (Å²) in [5, 5.41) is 0. The Morgan fingerprint density at radius 1 is 1.43 bits per heavy atom. The van der Waals surface area contributed by atoms with Gasteiger partial charge in [-0.2, -0.15) is 13.2 Å². The van der Waals surface area contributed by atoms with Gasteiger partial charge in [-0.25, -0.2) is 0 Å². The second kappa shape index (κ2) is 4.77. The van der Waals surface area contributed by atoms with Crippen LogP contribution in [-0.4, -0.2) is 25.2 Å². The van der Waals surface area contributed by atoms with E-state index < -0.39 is 19.0 Å². The molecule has 82 valence electrons. The molecule has 1 atom stereocenters. The van der Waals surface area contributed by atoms with Crippen LogP contribution in [0.5, 0.6) is 0 Å². The first-order valence-corrected chi connectivity index (χ1v) is 4.66. The predicted octanol–water partition coefficient (Wildman–Crippen LogP) is 2.32. The lowest BCUT2D eigenvalue weighted by molar-refractivity contribution is -0.146. The van der Waals surface area contributed by atoms with E-state index in [9.17, 15) is 18.0 Å². The van der Waals surface area contributed by atoms with Gasteiger partial charge in [-0.1, -0.05) is 0 Å². The van der Waals surface area contributed by atoms with Crippen molar-refractivity contribution in [1.29, 1.82) is 0 Å². The standard InChI is InChI=1S/C9H13F3O2/c10-9(11,12)4-3-8(13)7-2-1-5-14-6-7/h7H,1-6H2. The van der Waals surface area contributed by atoms with Crippen LogP contribution in [0.4, 0.5) is 13.2 Å². The summed E-state index contributed by atoms with van der Waals surface area (Å²) in [6.07, 6.45) is -4.22. The highest BCUT2D eigenvalue weighted by molar-refractivity contribution is 5.81. The number of Topliss-reactive ketones (excluding diaryl/α,β-unsaturated/α-hetero) is 1. The van der Waals surface area contributed by atoms with Crippen LogP contribution >= 0.6 is 0 Å². The second-order valence-electron chi connectivity index (χ2n) is 3.50. The molecule has 2 nitrogen and oxygen atoms in total. The largest absolute Gasteiger partial charge is 0.389 e. The highest BCUT2D eigenvalue weighted by Gasteiger charge is 2.30. The van der Waals surface area contributed by atoms with Crippen LogP contribution in [0.3, 0.4) is 0 Å². The van der Waals surface area contributed by atoms with Crippen LogP contribution in [0.2, 0.25) is 0 Å². The zero-order valence-corrected chi connectivity index (χ0v) is 7.77. The topological polar surface area (TPSA) is 26.3 Å². The lowest BCUT2D eigenvalue weighted by Crippen LogP contribution is -2.26. The zero-order valence-electron chi connectivity index (χ0n) is 7.77. The molecule has 14 heavy (non-hydrogen) atoms. The molecule has 0 spiro atoms. The number of ketones is 1. The summed E-state index contributed by atoms with van der Waals surface area (Å²) < 4.78 is 40.4. The van der Waals surface area contributed by atoms with Crippen molar-refractivity contribution < 1.29 is 22.7 Å². The van der Waals surface area contributed by atoms with E-state index in [1.807, 2.05) is 0 Å². The third-order valence-corrected chi connectivity index (χ3v) is 2.27. The van der Waals surface area contributed by atoms with Crippen LogP contribution in [0.1, 0.15) is 25.7 Å². The minimum Gasteiger partial charge on any atom is -0.381 e. The summed E-state index contributed by atoms with van der Waals surface area (Å²) in [4.78, 5) is 11.3. The lowest BCUT2D eigenvalue weighted by atomic mass is 9.94. The number of hydrogen-bond acceptors (Lipinski definition) is 2. The highest BCUT2D eigenvalue weighted by atomic mass is 19.4. The van der Waals surface area contributed by atoms with Crippen molar-refractivity contribution in [2.45, 2.75) is 31.9 Å². The Morgan fingerprint density at radius 3 is 2.64 bits per heavy atom. The first-order valence-electron chi connectivity index (χ1n) is 4.66. The second-order valence-corrected chi connectivity index (χ2v) is 3.50. The fourth-order valence-corrected chi connectivity index (χ4v) is 1.46. The number of rotatable bonds is 3. The predicted molar refractivity (Wildman–Crippen MR) is 43.8 cm³/mol. The Hall–Kier alpha value is -0.580. The molecule has 0 saturated carbocycles. The molecule has 1 aliphatic rings. The van der Waals surface area contributed by atoms with Gasteiger partial charge in [0, 0.05) is 18.9 Å². The zero-order chi connectivity index (χ0) is 10.6. The molecule has 1 unspecified atom stereocenters. The molecule has 0 aromatic carbocycles. The molecule has 0 radical (unpaired) electrons. The van der Waals surface area contributed by atoms with Crippen molar-refractivity contribution in [3.63, 3.8) is 0 Å². The van der Waals surface area contributed by atoms with Gasteiger partial charge in [0.05, 0.1) is 13.0 Å². The number of hydrogen-bond donors (Lipinski definition) is 0. The third kappa shape index (κ3) is 4.09. The smallest absolute Gasteiger partial charge is 0.381 e. The summed E-state index contributed by atoms with van der Waals surface area (Å²) in [5.74, 6) is -0.631. The van der Waals surface area contributed by atoms with Crippen LogP contribution < -0.4 is 0 Å². The van der Waals surface area contributed by atoms with E-state index in [0.717, 1.165) is 6.42 Å². The number of alkyl halides is 3. The average Bonchev–Trinajstić information content (AvgIpc) is 2.14. The molecule has 1 saturated heterocycles. The van der Waals surface area contributed by atoms with Crippen LogP contribution in [-0.2, 0) is 9.53 Å². The minimum absolute atomic E-state index is 0.288. The van der Waals surface area contributed by atoms with Gasteiger partial charge in [0.15, 0.2) is 0 Å². The Kier molecular flexibility index (Phi) is 3.92. The fraction of sp³-hybridized carbons (Fsp3) is 0.889. The molecule has 5 heteroatoms. The van der Waals surface area contributed by atoms with Gasteiger partial charge in [0.25, 0.3) is 0 Å². The number of halogens is 3. The summed E-state index contributed by atoms with van der Waals surface area (Å²) in [6, 6.07) is 0. The van der Waals surface area contributed by atoms with E-state index in [0.29, 0.717) is 13.0 Å². The van der Waals surface area contributed by atoms with Crippen LogP contribution in [0, 0.1) is 5.92 Å². The molecule has 1 aliphatic heterocycles. The number of carbonyl (C=O) groups is 1. The lowest BCUT2D eigenvalue weighted by Gasteiger charge is -2.20. The van der Waals surface area contributed by atoms with Gasteiger partial charge in [-0.3, -0.25) is 4.79 Å². The van der Waals surface area contributed by atoms with E-state index in [2.05, 4.69) is 0 Å². The molecular weight excluding hydrogens is 197 g/mol. The van der Waals surface area contributed by atoms with Crippen LogP contribution in [0.15, 0.2) is 0 Å². The van der Waals surface area contributed by atoms with Gasteiger partial charge >= 0.3 is 6.18 Å². The van der Waals surface area contributed by atoms with E-state index in [1.54, 1.807) is 0 Å². The SMILES string of the molecule is O=C(CCC(F)(F)F)C1CCCOC1. The quantitative estimate of drug-likeness (QED) is 0.714. The van der Waals surface area contributed by atoms with Crippen molar-refractivity contribution in [2.75, 3.05) is 13.2 Å². The Morgan fingerprint density at radius 2 is 2.14 bits per heavy atom. The average molecular weight is 210 g/mol. The van der Waals surface area contributed by atoms with Crippen molar-refractivity contribution in [3.05, 3.63) is 0 Å². The molecule has 1 heterocycles. The molecule has 0 amide bonds. The van der Waals surface area contributed by atoms with Crippen molar-refractivity contribution in [2.24, 2.45) is 5.92 Å². The van der Waals surface area contributed by atoms with Crippen molar-refractivity contribution in [1.82, 2.24) is 0 Å². The number of carbonyl (C=O) groups excluding carboxylic acids is 1.